The summed E-state index contributed by atoms with van der Waals surface area (Å²) in [5, 5.41) is 38.6. The molecular formula is C18H26O8. The minimum atomic E-state index is -1.51. The van der Waals surface area contributed by atoms with Crippen molar-refractivity contribution in [3.63, 3.8) is 0 Å². The predicted molar refractivity (Wildman–Crippen MR) is 90.6 cm³/mol. The van der Waals surface area contributed by atoms with Crippen molar-refractivity contribution in [3.05, 3.63) is 24.3 Å². The van der Waals surface area contributed by atoms with Gasteiger partial charge in [-0.1, -0.05) is 19.8 Å². The van der Waals surface area contributed by atoms with Gasteiger partial charge in [0.25, 0.3) is 0 Å². The summed E-state index contributed by atoms with van der Waals surface area (Å²) in [6.07, 6.45) is -3.58. The standard InChI is InChI=1S/C18H26O8/c1-2-3-4-5-14(20)24-11-6-8-12(9-7-11)25-18-17(23)16(22)15(21)13(10-19)26-18/h6-9,13,15-19,21-23H,2-5,10H2,1H3/t13-,15-,16+,17-,18-/m1/s1. The summed E-state index contributed by atoms with van der Waals surface area (Å²) >= 11 is 0. The summed E-state index contributed by atoms with van der Waals surface area (Å²) in [6, 6.07) is 6.13. The average Bonchev–Trinajstić information content (AvgIpc) is 2.64. The Kier molecular flexibility index (Phi) is 7.80. The van der Waals surface area contributed by atoms with Crippen LogP contribution in [0.25, 0.3) is 0 Å². The van der Waals surface area contributed by atoms with Crippen LogP contribution in [0.1, 0.15) is 32.6 Å². The zero-order valence-corrected chi connectivity index (χ0v) is 14.7. The van der Waals surface area contributed by atoms with Crippen molar-refractivity contribution in [2.45, 2.75) is 63.3 Å². The molecule has 26 heavy (non-hydrogen) atoms. The van der Waals surface area contributed by atoms with Crippen LogP contribution in [0.5, 0.6) is 11.5 Å². The van der Waals surface area contributed by atoms with Crippen LogP contribution in [0.15, 0.2) is 24.3 Å². The van der Waals surface area contributed by atoms with E-state index < -0.39 is 37.3 Å². The zero-order valence-electron chi connectivity index (χ0n) is 14.7. The summed E-state index contributed by atoms with van der Waals surface area (Å²) in [6.45, 7) is 1.53. The van der Waals surface area contributed by atoms with Crippen molar-refractivity contribution in [2.24, 2.45) is 0 Å². The predicted octanol–water partition coefficient (Wildman–Crippen LogP) is 0.351. The highest BCUT2D eigenvalue weighted by molar-refractivity contribution is 5.72. The number of benzene rings is 1. The lowest BCUT2D eigenvalue weighted by Gasteiger charge is -2.39. The van der Waals surface area contributed by atoms with Gasteiger partial charge in [-0.05, 0) is 30.7 Å². The second-order valence-electron chi connectivity index (χ2n) is 6.22. The number of hydrogen-bond donors (Lipinski definition) is 4. The lowest BCUT2D eigenvalue weighted by molar-refractivity contribution is -0.277. The highest BCUT2D eigenvalue weighted by atomic mass is 16.7. The molecule has 1 aromatic rings. The SMILES string of the molecule is CCCCCC(=O)Oc1ccc(O[C@@H]2O[C@H](CO)[C@@H](O)[C@H](O)[C@H]2O)cc1. The third kappa shape index (κ3) is 5.39. The summed E-state index contributed by atoms with van der Waals surface area (Å²) in [5.74, 6) is 0.369. The van der Waals surface area contributed by atoms with Crippen LogP contribution in [-0.2, 0) is 9.53 Å². The lowest BCUT2D eigenvalue weighted by atomic mass is 9.99. The first kappa shape index (κ1) is 20.6. The maximum atomic E-state index is 11.7. The zero-order chi connectivity index (χ0) is 19.1. The maximum absolute atomic E-state index is 11.7. The van der Waals surface area contributed by atoms with Gasteiger partial charge in [-0.3, -0.25) is 4.79 Å². The quantitative estimate of drug-likeness (QED) is 0.293. The van der Waals surface area contributed by atoms with Gasteiger partial charge in [0.1, 0.15) is 35.9 Å². The van der Waals surface area contributed by atoms with Gasteiger partial charge in [0.2, 0.25) is 6.29 Å². The molecule has 0 saturated carbocycles. The van der Waals surface area contributed by atoms with Crippen LogP contribution in [0.4, 0.5) is 0 Å². The van der Waals surface area contributed by atoms with E-state index in [4.69, 9.17) is 19.3 Å². The van der Waals surface area contributed by atoms with Crippen LogP contribution in [0.2, 0.25) is 0 Å². The van der Waals surface area contributed by atoms with Crippen LogP contribution >= 0.6 is 0 Å². The molecule has 1 aliphatic rings. The average molecular weight is 370 g/mol. The molecule has 146 valence electrons. The first-order valence-corrected chi connectivity index (χ1v) is 8.74. The van der Waals surface area contributed by atoms with Gasteiger partial charge in [0.05, 0.1) is 6.61 Å². The van der Waals surface area contributed by atoms with Crippen LogP contribution in [0, 0.1) is 0 Å². The minimum absolute atomic E-state index is 0.305. The van der Waals surface area contributed by atoms with Gasteiger partial charge in [-0.15, -0.1) is 0 Å². The van der Waals surface area contributed by atoms with Crippen molar-refractivity contribution in [1.29, 1.82) is 0 Å². The van der Waals surface area contributed by atoms with E-state index in [1.165, 1.54) is 24.3 Å². The molecule has 0 spiro atoms. The molecule has 1 saturated heterocycles. The number of aliphatic hydroxyl groups excluding tert-OH is 4. The maximum Gasteiger partial charge on any atom is 0.311 e. The number of rotatable bonds is 8. The van der Waals surface area contributed by atoms with Crippen molar-refractivity contribution >= 4 is 5.97 Å². The molecule has 5 atom stereocenters. The Labute approximate surface area is 151 Å². The second kappa shape index (κ2) is 9.84. The second-order valence-corrected chi connectivity index (χ2v) is 6.22. The highest BCUT2D eigenvalue weighted by Crippen LogP contribution is 2.25. The molecule has 0 aromatic heterocycles. The third-order valence-corrected chi connectivity index (χ3v) is 4.14. The number of ether oxygens (including phenoxy) is 3. The summed E-state index contributed by atoms with van der Waals surface area (Å²) in [4.78, 5) is 11.7. The Bertz CT molecular complexity index is 559. The fourth-order valence-electron chi connectivity index (χ4n) is 2.59. The Hall–Kier alpha value is -1.71. The number of hydrogen-bond acceptors (Lipinski definition) is 8. The number of carbonyl (C=O) groups excluding carboxylic acids is 1. The highest BCUT2D eigenvalue weighted by Gasteiger charge is 2.44. The monoisotopic (exact) mass is 370 g/mol. The van der Waals surface area contributed by atoms with Gasteiger partial charge in [0.15, 0.2) is 0 Å². The summed E-state index contributed by atoms with van der Waals surface area (Å²) in [7, 11) is 0. The third-order valence-electron chi connectivity index (χ3n) is 4.14. The van der Waals surface area contributed by atoms with Crippen LogP contribution < -0.4 is 9.47 Å². The molecule has 8 heteroatoms. The summed E-state index contributed by atoms with van der Waals surface area (Å²) in [5.41, 5.74) is 0. The van der Waals surface area contributed by atoms with E-state index in [0.29, 0.717) is 17.9 Å². The first-order chi connectivity index (χ1) is 12.5. The molecule has 0 bridgehead atoms. The Morgan fingerprint density at radius 2 is 1.69 bits per heavy atom. The lowest BCUT2D eigenvalue weighted by Crippen LogP contribution is -2.60. The van der Waals surface area contributed by atoms with Gasteiger partial charge >= 0.3 is 5.97 Å². The molecule has 0 aliphatic carbocycles. The smallest absolute Gasteiger partial charge is 0.311 e. The van der Waals surface area contributed by atoms with Crippen LogP contribution in [0.3, 0.4) is 0 Å². The number of unbranched alkanes of at least 4 members (excludes halogenated alkanes) is 2. The molecule has 8 nitrogen and oxygen atoms in total. The normalized spacial score (nSPS) is 28.6. The minimum Gasteiger partial charge on any atom is -0.462 e. The first-order valence-electron chi connectivity index (χ1n) is 8.74. The van der Waals surface area contributed by atoms with Gasteiger partial charge in [0, 0.05) is 6.42 Å². The molecule has 1 heterocycles. The number of carbonyl (C=O) groups is 1. The van der Waals surface area contributed by atoms with Crippen molar-refractivity contribution < 1.29 is 39.4 Å². The molecule has 4 N–H and O–H groups in total. The van der Waals surface area contributed by atoms with E-state index in [2.05, 4.69) is 6.92 Å². The van der Waals surface area contributed by atoms with Crippen LogP contribution in [-0.4, -0.2) is 63.7 Å². The van der Waals surface area contributed by atoms with E-state index in [-0.39, 0.29) is 5.97 Å². The van der Waals surface area contributed by atoms with Crippen molar-refractivity contribution in [2.75, 3.05) is 6.61 Å². The fraction of sp³-hybridized carbons (Fsp3) is 0.611. The van der Waals surface area contributed by atoms with E-state index in [0.717, 1.165) is 19.3 Å². The molecule has 1 aliphatic heterocycles. The number of aliphatic hydroxyl groups is 4. The fourth-order valence-corrected chi connectivity index (χ4v) is 2.59. The van der Waals surface area contributed by atoms with Gasteiger partial charge in [-0.2, -0.15) is 0 Å². The van der Waals surface area contributed by atoms with Crippen molar-refractivity contribution in [1.82, 2.24) is 0 Å². The molecule has 0 radical (unpaired) electrons. The molecule has 0 amide bonds. The van der Waals surface area contributed by atoms with E-state index in [9.17, 15) is 20.1 Å². The van der Waals surface area contributed by atoms with E-state index in [1.54, 1.807) is 0 Å². The largest absolute Gasteiger partial charge is 0.462 e. The Morgan fingerprint density at radius 1 is 1.04 bits per heavy atom. The molecular weight excluding hydrogens is 344 g/mol. The number of esters is 1. The van der Waals surface area contributed by atoms with Gasteiger partial charge in [-0.25, -0.2) is 0 Å². The Balaban J connectivity index is 1.91. The van der Waals surface area contributed by atoms with Gasteiger partial charge < -0.3 is 34.6 Å². The molecule has 1 fully saturated rings. The summed E-state index contributed by atoms with van der Waals surface area (Å²) < 4.78 is 15.9. The Morgan fingerprint density at radius 3 is 2.31 bits per heavy atom. The van der Waals surface area contributed by atoms with E-state index >= 15 is 0 Å². The van der Waals surface area contributed by atoms with Crippen molar-refractivity contribution in [3.8, 4) is 11.5 Å². The molecule has 1 aromatic carbocycles. The molecule has 0 unspecified atom stereocenters. The molecule has 2 rings (SSSR count). The van der Waals surface area contributed by atoms with E-state index in [1.807, 2.05) is 0 Å². The topological polar surface area (TPSA) is 126 Å².